The molecule has 7 nitrogen and oxygen atoms in total. The molecule has 0 aliphatic heterocycles. The van der Waals surface area contributed by atoms with Gasteiger partial charge >= 0.3 is 0 Å². The molecule has 1 fully saturated rings. The minimum Gasteiger partial charge on any atom is -0.397 e. The molecular formula is C29H33F3N4O3. The molecule has 0 radical (unpaired) electrons. The van der Waals surface area contributed by atoms with Crippen LogP contribution in [0.3, 0.4) is 0 Å². The van der Waals surface area contributed by atoms with Gasteiger partial charge < -0.3 is 21.3 Å². The first kappa shape index (κ1) is 28.7. The van der Waals surface area contributed by atoms with Crippen molar-refractivity contribution in [1.82, 2.24) is 9.97 Å². The largest absolute Gasteiger partial charge is 0.397 e. The fourth-order valence-electron chi connectivity index (χ4n) is 5.24. The van der Waals surface area contributed by atoms with Gasteiger partial charge in [-0.25, -0.2) is 18.2 Å². The molecule has 0 spiro atoms. The Labute approximate surface area is 225 Å². The van der Waals surface area contributed by atoms with Gasteiger partial charge in [-0.15, -0.1) is 0 Å². The first-order chi connectivity index (χ1) is 18.3. The van der Waals surface area contributed by atoms with E-state index in [0.29, 0.717) is 18.4 Å². The molecule has 2 aromatic heterocycles. The van der Waals surface area contributed by atoms with Crippen LogP contribution in [0.5, 0.6) is 0 Å². The van der Waals surface area contributed by atoms with Gasteiger partial charge in [0.15, 0.2) is 11.6 Å². The molecule has 0 amide bonds. The van der Waals surface area contributed by atoms with Gasteiger partial charge in [0, 0.05) is 38.0 Å². The molecule has 3 aromatic rings. The number of Topliss-reactive ketones (excluding diaryl/α,β-unsaturated/α-hetero) is 1. The predicted molar refractivity (Wildman–Crippen MR) is 141 cm³/mol. The van der Waals surface area contributed by atoms with Gasteiger partial charge in [-0.3, -0.25) is 9.78 Å². The second-order valence-corrected chi connectivity index (χ2v) is 10.8. The van der Waals surface area contributed by atoms with Crippen molar-refractivity contribution in [2.75, 3.05) is 12.8 Å². The van der Waals surface area contributed by atoms with Gasteiger partial charge in [-0.2, -0.15) is 0 Å². The van der Waals surface area contributed by atoms with Crippen LogP contribution >= 0.6 is 0 Å². The summed E-state index contributed by atoms with van der Waals surface area (Å²) in [4.78, 5) is 21.5. The Morgan fingerprint density at radius 3 is 2.44 bits per heavy atom. The summed E-state index contributed by atoms with van der Waals surface area (Å²) in [5.41, 5.74) is 10.9. The summed E-state index contributed by atoms with van der Waals surface area (Å²) < 4.78 is 50.4. The van der Waals surface area contributed by atoms with Crippen LogP contribution < -0.4 is 11.5 Å². The van der Waals surface area contributed by atoms with Crippen LogP contribution in [0.15, 0.2) is 36.7 Å². The molecule has 1 aliphatic carbocycles. The molecule has 0 bridgehead atoms. The Hall–Kier alpha value is -3.34. The third-order valence-corrected chi connectivity index (χ3v) is 7.72. The Kier molecular flexibility index (Phi) is 8.11. The molecule has 39 heavy (non-hydrogen) atoms. The Bertz CT molecular complexity index is 1360. The summed E-state index contributed by atoms with van der Waals surface area (Å²) >= 11 is 0. The number of anilines is 1. The predicted octanol–water partition coefficient (Wildman–Crippen LogP) is 4.65. The van der Waals surface area contributed by atoms with Crippen LogP contribution in [0, 0.1) is 23.4 Å². The van der Waals surface area contributed by atoms with E-state index in [1.807, 2.05) is 13.0 Å². The zero-order valence-corrected chi connectivity index (χ0v) is 22.3. The van der Waals surface area contributed by atoms with E-state index in [2.05, 4.69) is 9.97 Å². The average molecular weight is 543 g/mol. The number of halogens is 3. The lowest BCUT2D eigenvalue weighted by Crippen LogP contribution is -2.44. The van der Waals surface area contributed by atoms with Crippen molar-refractivity contribution in [3.63, 3.8) is 0 Å². The van der Waals surface area contributed by atoms with Crippen LogP contribution in [0.4, 0.5) is 18.9 Å². The van der Waals surface area contributed by atoms with E-state index in [4.69, 9.17) is 16.2 Å². The van der Waals surface area contributed by atoms with E-state index in [-0.39, 0.29) is 35.2 Å². The molecule has 4 atom stereocenters. The van der Waals surface area contributed by atoms with Gasteiger partial charge in [0.1, 0.15) is 23.0 Å². The molecule has 5 N–H and O–H groups in total. The van der Waals surface area contributed by atoms with E-state index < -0.39 is 52.2 Å². The number of ether oxygens (including phenoxy) is 1. The maximum absolute atomic E-state index is 15.1. The highest BCUT2D eigenvalue weighted by atomic mass is 19.1. The van der Waals surface area contributed by atoms with Crippen molar-refractivity contribution in [2.24, 2.45) is 11.7 Å². The van der Waals surface area contributed by atoms with Crippen molar-refractivity contribution in [3.8, 4) is 11.3 Å². The van der Waals surface area contributed by atoms with Gasteiger partial charge in [-0.05, 0) is 73.4 Å². The Morgan fingerprint density at radius 1 is 1.15 bits per heavy atom. The van der Waals surface area contributed by atoms with Crippen LogP contribution in [0.25, 0.3) is 11.3 Å². The average Bonchev–Trinajstić information content (AvgIpc) is 2.87. The normalized spacial score (nSPS) is 21.7. The van der Waals surface area contributed by atoms with E-state index >= 15 is 8.78 Å². The van der Waals surface area contributed by atoms with Crippen LogP contribution in [0.2, 0.25) is 0 Å². The smallest absolute Gasteiger partial charge is 0.187 e. The van der Waals surface area contributed by atoms with Gasteiger partial charge in [0.2, 0.25) is 0 Å². The Morgan fingerprint density at radius 2 is 1.82 bits per heavy atom. The number of pyridine rings is 2. The number of rotatable bonds is 7. The monoisotopic (exact) mass is 542 g/mol. The highest BCUT2D eigenvalue weighted by Gasteiger charge is 2.34. The molecule has 10 heteroatoms. The summed E-state index contributed by atoms with van der Waals surface area (Å²) in [6.07, 6.45) is 3.62. The molecule has 0 saturated heterocycles. The van der Waals surface area contributed by atoms with Gasteiger partial charge in [-0.1, -0.05) is 6.92 Å². The number of hydrogen-bond donors (Lipinski definition) is 3. The number of benzene rings is 1. The van der Waals surface area contributed by atoms with E-state index in [1.165, 1.54) is 7.11 Å². The zero-order valence-electron chi connectivity index (χ0n) is 22.3. The molecule has 0 unspecified atom stereocenters. The number of aromatic nitrogens is 2. The first-order valence-corrected chi connectivity index (χ1v) is 12.7. The van der Waals surface area contributed by atoms with Crippen molar-refractivity contribution in [2.45, 2.75) is 63.7 Å². The summed E-state index contributed by atoms with van der Waals surface area (Å²) in [7, 11) is 1.41. The van der Waals surface area contributed by atoms with Crippen molar-refractivity contribution >= 4 is 11.5 Å². The number of methoxy groups -OCH3 is 1. The number of hydrogen-bond acceptors (Lipinski definition) is 7. The quantitative estimate of drug-likeness (QED) is 0.371. The van der Waals surface area contributed by atoms with Crippen LogP contribution in [-0.2, 0) is 16.8 Å². The number of ketones is 1. The maximum atomic E-state index is 15.1. The topological polar surface area (TPSA) is 124 Å². The Balaban J connectivity index is 1.69. The zero-order chi connectivity index (χ0) is 28.6. The number of carbonyl (C=O) groups excluding carboxylic acids is 1. The van der Waals surface area contributed by atoms with Gasteiger partial charge in [0.25, 0.3) is 0 Å². The molecule has 1 saturated carbocycles. The second kappa shape index (κ2) is 11.0. The number of carbonyl (C=O) groups is 1. The first-order valence-electron chi connectivity index (χ1n) is 12.7. The van der Waals surface area contributed by atoms with Gasteiger partial charge in [0.05, 0.1) is 23.0 Å². The summed E-state index contributed by atoms with van der Waals surface area (Å²) in [5, 5.41) is 10.2. The van der Waals surface area contributed by atoms with Crippen molar-refractivity contribution < 1.29 is 27.8 Å². The van der Waals surface area contributed by atoms with Crippen molar-refractivity contribution in [1.29, 1.82) is 0 Å². The molecular weight excluding hydrogens is 509 g/mol. The molecule has 4 rings (SSSR count). The van der Waals surface area contributed by atoms with E-state index in [9.17, 15) is 14.3 Å². The van der Waals surface area contributed by atoms with E-state index in [1.54, 1.807) is 26.2 Å². The van der Waals surface area contributed by atoms with Crippen molar-refractivity contribution in [3.05, 3.63) is 76.5 Å². The molecule has 1 aliphatic rings. The fraction of sp³-hybridized carbons (Fsp3) is 0.414. The third kappa shape index (κ3) is 5.68. The number of nitrogens with zero attached hydrogens (tertiary/aromatic N) is 2. The minimum absolute atomic E-state index is 0.00339. The molecule has 208 valence electrons. The number of aliphatic hydroxyl groups excluding tert-OH is 1. The van der Waals surface area contributed by atoms with Crippen LogP contribution in [0.1, 0.15) is 66.7 Å². The molecule has 1 aromatic carbocycles. The SMILES string of the molecule is COC(C)(C)c1cc(F)c(-c2nc(C(=O)Cc3cnccc3[C@H]3C[C@@H](N)[C@H](O)[C@@H](C)C3)c(N)cc2F)c(F)c1. The van der Waals surface area contributed by atoms with E-state index in [0.717, 1.165) is 23.8 Å². The highest BCUT2D eigenvalue weighted by Crippen LogP contribution is 2.38. The fourth-order valence-corrected chi connectivity index (χ4v) is 5.24. The summed E-state index contributed by atoms with van der Waals surface area (Å²) in [6.45, 7) is 5.20. The lowest BCUT2D eigenvalue weighted by molar-refractivity contribution is 0.0187. The number of nitrogens with two attached hydrogens (primary N) is 2. The minimum atomic E-state index is -1.06. The standard InChI is InChI=1S/C29H33F3N4O3/c1-14-7-15(8-23(34)28(14)38)18-5-6-35-13-16(18)9-24(37)27-22(33)12-21(32)26(36-27)25-19(30)10-17(11-20(25)31)29(2,3)39-4/h5-6,10-15,23,28,38H,7-9,33-34H2,1-4H3/t14-,15+,23+,28+/m0/s1. The summed E-state index contributed by atoms with van der Waals surface area (Å²) in [5.74, 6) is -3.76. The van der Waals surface area contributed by atoms with Crippen LogP contribution in [-0.4, -0.2) is 40.1 Å². The number of aliphatic hydroxyl groups is 1. The second-order valence-electron chi connectivity index (χ2n) is 10.8. The third-order valence-electron chi connectivity index (χ3n) is 7.72. The lowest BCUT2D eigenvalue weighted by Gasteiger charge is -2.36. The lowest BCUT2D eigenvalue weighted by atomic mass is 9.74. The highest BCUT2D eigenvalue weighted by molar-refractivity contribution is 6.00. The summed E-state index contributed by atoms with van der Waals surface area (Å²) in [6, 6.07) is 4.35. The molecule has 2 heterocycles. The maximum Gasteiger partial charge on any atom is 0.187 e. The number of nitrogen functional groups attached to an aromatic ring is 1.